The lowest BCUT2D eigenvalue weighted by Crippen LogP contribution is -2.30. The fraction of sp³-hybridized carbons (Fsp3) is 0.294. The van der Waals surface area contributed by atoms with Crippen LogP contribution in [0.4, 0.5) is 5.69 Å². The van der Waals surface area contributed by atoms with Crippen molar-refractivity contribution in [1.29, 1.82) is 0 Å². The molecule has 2 aromatic rings. The van der Waals surface area contributed by atoms with E-state index >= 15 is 0 Å². The Balaban J connectivity index is 2.48. The molecule has 3 nitrogen and oxygen atoms in total. The molecule has 0 atom stereocenters. The molecule has 2 aromatic carbocycles. The molecule has 0 aliphatic carbocycles. The summed E-state index contributed by atoms with van der Waals surface area (Å²) in [5.41, 5.74) is 4.85. The first kappa shape index (κ1) is 15.6. The summed E-state index contributed by atoms with van der Waals surface area (Å²) in [7, 11) is -3.34. The van der Waals surface area contributed by atoms with Crippen LogP contribution in [0.1, 0.15) is 22.3 Å². The Morgan fingerprint density at radius 3 is 1.90 bits per heavy atom. The number of sulfonamides is 1. The van der Waals surface area contributed by atoms with E-state index in [4.69, 9.17) is 0 Å². The predicted molar refractivity (Wildman–Crippen MR) is 88.1 cm³/mol. The van der Waals surface area contributed by atoms with Crippen LogP contribution in [0.15, 0.2) is 42.5 Å². The standard InChI is InChI=1S/C17H21NO2S/c1-13-8-10-16(11-9-13)12-18(21(4,19)20)17-14(2)6-5-7-15(17)3/h5-11H,12H2,1-4H3. The van der Waals surface area contributed by atoms with E-state index in [1.54, 1.807) is 0 Å². The number of para-hydroxylation sites is 1. The molecule has 0 radical (unpaired) electrons. The van der Waals surface area contributed by atoms with Gasteiger partial charge in [0.25, 0.3) is 0 Å². The number of nitrogens with zero attached hydrogens (tertiary/aromatic N) is 1. The summed E-state index contributed by atoms with van der Waals surface area (Å²) in [6.45, 7) is 6.25. The van der Waals surface area contributed by atoms with E-state index < -0.39 is 10.0 Å². The first-order chi connectivity index (χ1) is 9.79. The maximum atomic E-state index is 12.2. The Kier molecular flexibility index (Phi) is 4.37. The fourth-order valence-electron chi connectivity index (χ4n) is 2.42. The van der Waals surface area contributed by atoms with E-state index in [9.17, 15) is 8.42 Å². The van der Waals surface area contributed by atoms with Crippen LogP contribution in [0.2, 0.25) is 0 Å². The number of aryl methyl sites for hydroxylation is 3. The molecule has 4 heteroatoms. The van der Waals surface area contributed by atoms with Crippen molar-refractivity contribution in [1.82, 2.24) is 0 Å². The van der Waals surface area contributed by atoms with Gasteiger partial charge in [-0.2, -0.15) is 0 Å². The van der Waals surface area contributed by atoms with Gasteiger partial charge in [-0.3, -0.25) is 4.31 Å². The molecule has 0 heterocycles. The van der Waals surface area contributed by atoms with Crippen LogP contribution >= 0.6 is 0 Å². The van der Waals surface area contributed by atoms with Gasteiger partial charge in [-0.25, -0.2) is 8.42 Å². The normalized spacial score (nSPS) is 11.4. The lowest BCUT2D eigenvalue weighted by atomic mass is 10.1. The first-order valence-corrected chi connectivity index (χ1v) is 8.73. The summed E-state index contributed by atoms with van der Waals surface area (Å²) in [4.78, 5) is 0. The van der Waals surface area contributed by atoms with E-state index in [1.807, 2.05) is 63.2 Å². The number of hydrogen-bond acceptors (Lipinski definition) is 2. The van der Waals surface area contributed by atoms with Crippen molar-refractivity contribution in [2.24, 2.45) is 0 Å². The Bertz CT molecular complexity index is 714. The molecule has 2 rings (SSSR count). The van der Waals surface area contributed by atoms with Gasteiger partial charge in [-0.05, 0) is 37.5 Å². The summed E-state index contributed by atoms with van der Waals surface area (Å²) in [5, 5.41) is 0. The molecule has 0 fully saturated rings. The van der Waals surface area contributed by atoms with Gasteiger partial charge >= 0.3 is 0 Å². The number of benzene rings is 2. The quantitative estimate of drug-likeness (QED) is 0.866. The van der Waals surface area contributed by atoms with Crippen LogP contribution in [-0.2, 0) is 16.6 Å². The molecule has 0 bridgehead atoms. The monoisotopic (exact) mass is 303 g/mol. The van der Waals surface area contributed by atoms with Crippen LogP contribution in [0.25, 0.3) is 0 Å². The SMILES string of the molecule is Cc1ccc(CN(c2c(C)cccc2C)S(C)(=O)=O)cc1. The van der Waals surface area contributed by atoms with Gasteiger partial charge in [0.05, 0.1) is 18.5 Å². The zero-order chi connectivity index (χ0) is 15.6. The molecule has 0 unspecified atom stereocenters. The minimum Gasteiger partial charge on any atom is -0.266 e. The number of rotatable bonds is 4. The third-order valence-electron chi connectivity index (χ3n) is 3.54. The fourth-order valence-corrected chi connectivity index (χ4v) is 3.42. The highest BCUT2D eigenvalue weighted by Gasteiger charge is 2.21. The largest absolute Gasteiger partial charge is 0.266 e. The molecule has 0 N–H and O–H groups in total. The van der Waals surface area contributed by atoms with Crippen molar-refractivity contribution < 1.29 is 8.42 Å². The van der Waals surface area contributed by atoms with Gasteiger partial charge in [-0.1, -0.05) is 48.0 Å². The third kappa shape index (κ3) is 3.64. The van der Waals surface area contributed by atoms with Crippen molar-refractivity contribution in [3.05, 3.63) is 64.7 Å². The average molecular weight is 303 g/mol. The third-order valence-corrected chi connectivity index (χ3v) is 4.65. The van der Waals surface area contributed by atoms with Crippen LogP contribution in [-0.4, -0.2) is 14.7 Å². The van der Waals surface area contributed by atoms with Gasteiger partial charge in [0.1, 0.15) is 0 Å². The molecule has 0 spiro atoms. The lowest BCUT2D eigenvalue weighted by molar-refractivity contribution is 0.596. The Morgan fingerprint density at radius 1 is 0.905 bits per heavy atom. The van der Waals surface area contributed by atoms with Gasteiger partial charge in [-0.15, -0.1) is 0 Å². The molecule has 0 saturated carbocycles. The zero-order valence-electron chi connectivity index (χ0n) is 12.9. The molecule has 0 aliphatic rings. The van der Waals surface area contributed by atoms with Gasteiger partial charge < -0.3 is 0 Å². The maximum Gasteiger partial charge on any atom is 0.232 e. The molecular weight excluding hydrogens is 282 g/mol. The second-order valence-electron chi connectivity index (χ2n) is 5.50. The van der Waals surface area contributed by atoms with E-state index in [0.717, 1.165) is 27.9 Å². The molecule has 0 saturated heterocycles. The second kappa shape index (κ2) is 5.90. The van der Waals surface area contributed by atoms with E-state index in [-0.39, 0.29) is 0 Å². The van der Waals surface area contributed by atoms with E-state index in [0.29, 0.717) is 6.54 Å². The topological polar surface area (TPSA) is 37.4 Å². The second-order valence-corrected chi connectivity index (χ2v) is 7.40. The zero-order valence-corrected chi connectivity index (χ0v) is 13.7. The number of hydrogen-bond donors (Lipinski definition) is 0. The highest BCUT2D eigenvalue weighted by molar-refractivity contribution is 7.92. The molecule has 0 aromatic heterocycles. The van der Waals surface area contributed by atoms with E-state index in [2.05, 4.69) is 0 Å². The molecule has 21 heavy (non-hydrogen) atoms. The lowest BCUT2D eigenvalue weighted by Gasteiger charge is -2.26. The summed E-state index contributed by atoms with van der Waals surface area (Å²) in [6.07, 6.45) is 1.26. The Morgan fingerprint density at radius 2 is 1.43 bits per heavy atom. The summed E-state index contributed by atoms with van der Waals surface area (Å²) in [5.74, 6) is 0. The van der Waals surface area contributed by atoms with E-state index in [1.165, 1.54) is 10.6 Å². The van der Waals surface area contributed by atoms with Crippen molar-refractivity contribution in [2.75, 3.05) is 10.6 Å². The van der Waals surface area contributed by atoms with Gasteiger partial charge in [0.15, 0.2) is 0 Å². The maximum absolute atomic E-state index is 12.2. The number of anilines is 1. The predicted octanol–water partition coefficient (Wildman–Crippen LogP) is 3.58. The Hall–Kier alpha value is -1.81. The van der Waals surface area contributed by atoms with Crippen LogP contribution < -0.4 is 4.31 Å². The highest BCUT2D eigenvalue weighted by atomic mass is 32.2. The average Bonchev–Trinajstić information content (AvgIpc) is 2.38. The van der Waals surface area contributed by atoms with Crippen molar-refractivity contribution >= 4 is 15.7 Å². The molecule has 0 aliphatic heterocycles. The van der Waals surface area contributed by atoms with Crippen molar-refractivity contribution in [3.63, 3.8) is 0 Å². The van der Waals surface area contributed by atoms with Crippen LogP contribution in [0.3, 0.4) is 0 Å². The molecule has 112 valence electrons. The van der Waals surface area contributed by atoms with Gasteiger partial charge in [0.2, 0.25) is 10.0 Å². The first-order valence-electron chi connectivity index (χ1n) is 6.88. The van der Waals surface area contributed by atoms with Crippen LogP contribution in [0.5, 0.6) is 0 Å². The van der Waals surface area contributed by atoms with Crippen LogP contribution in [0, 0.1) is 20.8 Å². The summed E-state index contributed by atoms with van der Waals surface area (Å²) >= 11 is 0. The van der Waals surface area contributed by atoms with Crippen molar-refractivity contribution in [2.45, 2.75) is 27.3 Å². The smallest absolute Gasteiger partial charge is 0.232 e. The Labute approximate surface area is 127 Å². The van der Waals surface area contributed by atoms with Gasteiger partial charge in [0, 0.05) is 0 Å². The molecular formula is C17H21NO2S. The molecule has 0 amide bonds. The minimum atomic E-state index is -3.34. The highest BCUT2D eigenvalue weighted by Crippen LogP contribution is 2.28. The minimum absolute atomic E-state index is 0.352. The van der Waals surface area contributed by atoms with Crippen molar-refractivity contribution in [3.8, 4) is 0 Å². The summed E-state index contributed by atoms with van der Waals surface area (Å²) in [6, 6.07) is 13.8. The summed E-state index contributed by atoms with van der Waals surface area (Å²) < 4.78 is 26.0.